The molecule has 0 atom stereocenters. The molecule has 0 spiro atoms. The van der Waals surface area contributed by atoms with Gasteiger partial charge in [0.15, 0.2) is 0 Å². The third-order valence-corrected chi connectivity index (χ3v) is 6.73. The number of allylic oxidation sites excluding steroid dienone is 1. The van der Waals surface area contributed by atoms with E-state index in [-0.39, 0.29) is 0 Å². The third kappa shape index (κ3) is 11.1. The van der Waals surface area contributed by atoms with Crippen molar-refractivity contribution in [1.29, 1.82) is 0 Å². The van der Waals surface area contributed by atoms with E-state index in [4.69, 9.17) is 5.73 Å². The number of hydrogen-bond donors (Lipinski definition) is 2. The van der Waals surface area contributed by atoms with Gasteiger partial charge < -0.3 is 15.5 Å². The monoisotopic (exact) mass is 544 g/mol. The van der Waals surface area contributed by atoms with E-state index in [1.807, 2.05) is 46.8 Å². The van der Waals surface area contributed by atoms with Crippen LogP contribution in [0.5, 0.6) is 0 Å². The van der Waals surface area contributed by atoms with Crippen molar-refractivity contribution in [1.82, 2.24) is 14.7 Å². The van der Waals surface area contributed by atoms with Gasteiger partial charge in [0.25, 0.3) is 0 Å². The average molecular weight is 545 g/mol. The van der Waals surface area contributed by atoms with Gasteiger partial charge in [-0.2, -0.15) is 0 Å². The van der Waals surface area contributed by atoms with Crippen LogP contribution in [-0.4, -0.2) is 15.9 Å². The zero-order valence-electron chi connectivity index (χ0n) is 27.1. The molecular weight excluding hydrogens is 488 g/mol. The maximum atomic E-state index is 5.92. The molecule has 4 nitrogen and oxygen atoms in total. The van der Waals surface area contributed by atoms with E-state index in [1.165, 1.54) is 29.5 Å². The molecule has 40 heavy (non-hydrogen) atoms. The minimum absolute atomic E-state index is 0.582. The van der Waals surface area contributed by atoms with E-state index in [9.17, 15) is 0 Å². The molecule has 0 bridgehead atoms. The number of nitrogens with one attached hydrogen (secondary N) is 1. The molecule has 4 rings (SSSR count). The highest BCUT2D eigenvalue weighted by Crippen LogP contribution is 2.44. The molecule has 0 unspecified atom stereocenters. The van der Waals surface area contributed by atoms with Gasteiger partial charge in [0.2, 0.25) is 0 Å². The largest absolute Gasteiger partial charge is 0.398 e. The summed E-state index contributed by atoms with van der Waals surface area (Å²) < 4.78 is 2.14. The number of aryl methyl sites for hydroxylation is 3. The van der Waals surface area contributed by atoms with Gasteiger partial charge in [-0.05, 0) is 86.7 Å². The highest BCUT2D eigenvalue weighted by molar-refractivity contribution is 5.74. The van der Waals surface area contributed by atoms with E-state index in [0.717, 1.165) is 53.6 Å². The molecule has 1 aromatic carbocycles. The normalized spacial score (nSPS) is 13.6. The van der Waals surface area contributed by atoms with Crippen molar-refractivity contribution < 1.29 is 0 Å². The second-order valence-electron chi connectivity index (χ2n) is 10.4. The Hall–Kier alpha value is -3.29. The first-order chi connectivity index (χ1) is 19.2. The van der Waals surface area contributed by atoms with Gasteiger partial charge >= 0.3 is 0 Å². The number of rotatable bonds is 7. The molecule has 1 aliphatic rings. The summed E-state index contributed by atoms with van der Waals surface area (Å²) in [6.45, 7) is 26.9. The van der Waals surface area contributed by atoms with E-state index in [2.05, 4.69) is 105 Å². The molecule has 3 aromatic rings. The van der Waals surface area contributed by atoms with Gasteiger partial charge in [0, 0.05) is 30.2 Å². The molecule has 1 saturated carbocycles. The van der Waals surface area contributed by atoms with Crippen LogP contribution in [-0.2, 0) is 13.0 Å². The molecule has 0 amide bonds. The lowest BCUT2D eigenvalue weighted by Crippen LogP contribution is -2.38. The zero-order valence-corrected chi connectivity index (χ0v) is 27.1. The summed E-state index contributed by atoms with van der Waals surface area (Å²) >= 11 is 0. The van der Waals surface area contributed by atoms with E-state index in [1.54, 1.807) is 0 Å². The van der Waals surface area contributed by atoms with Crippen LogP contribution in [0.2, 0.25) is 0 Å². The Morgan fingerprint density at radius 2 is 1.75 bits per heavy atom. The Balaban J connectivity index is 0.000000670. The van der Waals surface area contributed by atoms with Gasteiger partial charge in [-0.15, -0.1) is 12.8 Å². The van der Waals surface area contributed by atoms with Gasteiger partial charge in [-0.3, -0.25) is 0 Å². The summed E-state index contributed by atoms with van der Waals surface area (Å²) in [5.41, 5.74) is 15.5. The number of fused-ring (bicyclic) bond motifs is 1. The van der Waals surface area contributed by atoms with Crippen LogP contribution in [0.4, 0.5) is 0 Å². The minimum atomic E-state index is 0.582. The maximum Gasteiger partial charge on any atom is 0.136 e. The number of benzene rings is 1. The van der Waals surface area contributed by atoms with Crippen molar-refractivity contribution >= 4 is 17.4 Å². The van der Waals surface area contributed by atoms with Crippen LogP contribution in [0.25, 0.3) is 17.4 Å². The van der Waals surface area contributed by atoms with Crippen molar-refractivity contribution in [2.45, 2.75) is 95.0 Å². The summed E-state index contributed by atoms with van der Waals surface area (Å²) in [7, 11) is 0. The minimum Gasteiger partial charge on any atom is -0.398 e. The summed E-state index contributed by atoms with van der Waals surface area (Å²) in [5.74, 6) is 0.869. The molecule has 2 aromatic heterocycles. The number of terminal acetylenes is 1. The van der Waals surface area contributed by atoms with Crippen LogP contribution in [0.15, 0.2) is 49.3 Å². The summed E-state index contributed by atoms with van der Waals surface area (Å²) in [6.07, 6.45) is 19.8. The second kappa shape index (κ2) is 18.9. The Bertz CT molecular complexity index is 1200. The van der Waals surface area contributed by atoms with Crippen LogP contribution < -0.4 is 11.1 Å². The van der Waals surface area contributed by atoms with Crippen molar-refractivity contribution in [3.05, 3.63) is 82.8 Å². The molecule has 3 N–H and O–H groups in total. The third-order valence-electron chi connectivity index (χ3n) is 6.73. The summed E-state index contributed by atoms with van der Waals surface area (Å²) in [5, 5.41) is 3.59. The van der Waals surface area contributed by atoms with E-state index >= 15 is 0 Å². The van der Waals surface area contributed by atoms with Gasteiger partial charge in [-0.1, -0.05) is 84.9 Å². The van der Waals surface area contributed by atoms with E-state index in [0.29, 0.717) is 5.41 Å². The smallest absolute Gasteiger partial charge is 0.136 e. The number of nitrogens with two attached hydrogens (primary N) is 1. The lowest BCUT2D eigenvalue weighted by molar-refractivity contribution is 0.0957. The molecule has 220 valence electrons. The van der Waals surface area contributed by atoms with Gasteiger partial charge in [-0.25, -0.2) is 4.98 Å². The fourth-order valence-electron chi connectivity index (χ4n) is 5.08. The van der Waals surface area contributed by atoms with Crippen LogP contribution in [0.3, 0.4) is 0 Å². The Kier molecular flexibility index (Phi) is 17.3. The number of pyridine rings is 1. The highest BCUT2D eigenvalue weighted by Gasteiger charge is 2.35. The van der Waals surface area contributed by atoms with Crippen molar-refractivity contribution in [2.24, 2.45) is 17.1 Å². The predicted molar refractivity (Wildman–Crippen MR) is 179 cm³/mol. The van der Waals surface area contributed by atoms with Crippen LogP contribution in [0.1, 0.15) is 102 Å². The average Bonchev–Trinajstić information content (AvgIpc) is 3.37. The number of nitrogens with zero attached hydrogens (tertiary/aromatic N) is 2. The molecule has 0 radical (unpaired) electrons. The second-order valence-corrected chi connectivity index (χ2v) is 10.4. The Morgan fingerprint density at radius 1 is 1.12 bits per heavy atom. The lowest BCUT2D eigenvalue weighted by Gasteiger charge is -2.42. The number of aromatic nitrogens is 2. The van der Waals surface area contributed by atoms with Crippen molar-refractivity contribution in [3.8, 4) is 12.8 Å². The molecule has 1 fully saturated rings. The lowest BCUT2D eigenvalue weighted by atomic mass is 9.64. The van der Waals surface area contributed by atoms with Gasteiger partial charge in [0.1, 0.15) is 5.65 Å². The molecule has 0 saturated heterocycles. The standard InChI is InChI=1S/C17H25N3.C13H17N.2C2H6.C2H2/c1-4-15-12-20-11-13(5-6-16(20)19-15)9-18-10-14-7-17(2,3)8-14;1-5-11-10(4)7-9(3)8-12(11)13(14)6-2;3*1-2/h5-6,11-12,14,18H,4,7-10H2,1-3H3;5-8H,1,14H2,2-4H3;2*1-2H3;1-2H/b;13-6-;;;. The van der Waals surface area contributed by atoms with Gasteiger partial charge in [0.05, 0.1) is 5.69 Å². The predicted octanol–water partition coefficient (Wildman–Crippen LogP) is 8.99. The van der Waals surface area contributed by atoms with Crippen molar-refractivity contribution in [2.75, 3.05) is 6.54 Å². The van der Waals surface area contributed by atoms with Crippen molar-refractivity contribution in [3.63, 3.8) is 0 Å². The number of imidazole rings is 1. The maximum absolute atomic E-state index is 5.92. The number of hydrogen-bond acceptors (Lipinski definition) is 3. The Morgan fingerprint density at radius 3 is 2.27 bits per heavy atom. The topological polar surface area (TPSA) is 55.4 Å². The summed E-state index contributed by atoms with van der Waals surface area (Å²) in [6, 6.07) is 8.53. The quantitative estimate of drug-likeness (QED) is 0.292. The molecule has 0 aliphatic heterocycles. The molecule has 2 heterocycles. The first kappa shape index (κ1) is 36.7. The fourth-order valence-corrected chi connectivity index (χ4v) is 5.08. The molecule has 1 aliphatic carbocycles. The SMILES string of the molecule is C#C.C=Cc1c(C)cc(C)cc1/C(N)=C/C.CC.CC.CCc1cn2cc(CNCC3CC(C)(C)C3)ccc2n1. The molecule has 4 heteroatoms. The molecular formula is C36H56N4. The van der Waals surface area contributed by atoms with E-state index < -0.39 is 0 Å². The fraction of sp³-hybridized carbons (Fsp3) is 0.472. The highest BCUT2D eigenvalue weighted by atomic mass is 15.0. The zero-order chi connectivity index (χ0) is 30.9. The van der Waals surface area contributed by atoms with Crippen LogP contribution in [0, 0.1) is 38.0 Å². The first-order valence-corrected chi connectivity index (χ1v) is 14.8. The first-order valence-electron chi connectivity index (χ1n) is 14.8. The van der Waals surface area contributed by atoms with Crippen LogP contribution >= 0.6 is 0 Å². The summed E-state index contributed by atoms with van der Waals surface area (Å²) in [4.78, 5) is 4.56. The Labute approximate surface area is 246 Å².